The number of nitrogens with zero attached hydrogens (tertiary/aromatic N) is 1. The summed E-state index contributed by atoms with van der Waals surface area (Å²) in [6, 6.07) is 8.98. The predicted molar refractivity (Wildman–Crippen MR) is 56.1 cm³/mol. The molecule has 0 unspecified atom stereocenters. The second-order valence-corrected chi connectivity index (χ2v) is 3.64. The highest BCUT2D eigenvalue weighted by molar-refractivity contribution is 7.08. The van der Waals surface area contributed by atoms with Crippen LogP contribution in [-0.4, -0.2) is 5.11 Å². The highest BCUT2D eigenvalue weighted by atomic mass is 32.1. The first-order valence-electron chi connectivity index (χ1n) is 4.07. The van der Waals surface area contributed by atoms with E-state index in [4.69, 9.17) is 5.26 Å². The van der Waals surface area contributed by atoms with Crippen LogP contribution >= 0.6 is 11.3 Å². The van der Waals surface area contributed by atoms with E-state index in [9.17, 15) is 5.11 Å². The fraction of sp³-hybridized carbons (Fsp3) is 0. The highest BCUT2D eigenvalue weighted by Gasteiger charge is 2.03. The van der Waals surface area contributed by atoms with Crippen LogP contribution in [0.25, 0.3) is 11.1 Å². The van der Waals surface area contributed by atoms with Gasteiger partial charge in [-0.15, -0.1) is 0 Å². The Balaban J connectivity index is 2.53. The number of nitriles is 1. The quantitative estimate of drug-likeness (QED) is 0.770. The molecule has 0 bridgehead atoms. The second kappa shape index (κ2) is 3.52. The van der Waals surface area contributed by atoms with Gasteiger partial charge in [-0.2, -0.15) is 16.6 Å². The Morgan fingerprint density at radius 3 is 2.71 bits per heavy atom. The molecule has 0 aliphatic rings. The van der Waals surface area contributed by atoms with Gasteiger partial charge in [-0.1, -0.05) is 6.07 Å². The standard InChI is InChI=1S/C11H7NOS/c12-6-10-5-8(1-2-11(10)13)9-3-4-14-7-9/h1-5,7,13H. The molecule has 0 saturated carbocycles. The summed E-state index contributed by atoms with van der Waals surface area (Å²) in [5.74, 6) is 0.0338. The van der Waals surface area contributed by atoms with Gasteiger partial charge < -0.3 is 5.11 Å². The van der Waals surface area contributed by atoms with E-state index in [0.717, 1.165) is 11.1 Å². The number of aromatic hydroxyl groups is 1. The maximum atomic E-state index is 9.31. The lowest BCUT2D eigenvalue weighted by Gasteiger charge is -1.99. The number of hydrogen-bond donors (Lipinski definition) is 1. The first kappa shape index (κ1) is 8.79. The lowest BCUT2D eigenvalue weighted by atomic mass is 10.1. The van der Waals surface area contributed by atoms with Gasteiger partial charge in [0, 0.05) is 0 Å². The van der Waals surface area contributed by atoms with Crippen LogP contribution in [-0.2, 0) is 0 Å². The minimum Gasteiger partial charge on any atom is -0.507 e. The van der Waals surface area contributed by atoms with Crippen molar-refractivity contribution in [3.8, 4) is 22.9 Å². The first-order valence-corrected chi connectivity index (χ1v) is 5.01. The van der Waals surface area contributed by atoms with Crippen molar-refractivity contribution in [3.05, 3.63) is 40.6 Å². The SMILES string of the molecule is N#Cc1cc(-c2ccsc2)ccc1O. The minimum absolute atomic E-state index is 0.0338. The van der Waals surface area contributed by atoms with E-state index in [2.05, 4.69) is 0 Å². The molecule has 0 radical (unpaired) electrons. The van der Waals surface area contributed by atoms with E-state index < -0.39 is 0 Å². The third-order valence-electron chi connectivity index (χ3n) is 1.97. The van der Waals surface area contributed by atoms with Gasteiger partial charge in [-0.05, 0) is 40.1 Å². The van der Waals surface area contributed by atoms with E-state index in [1.807, 2.05) is 22.9 Å². The Morgan fingerprint density at radius 2 is 2.07 bits per heavy atom. The number of phenolic OH excluding ortho intramolecular Hbond substituents is 1. The Hall–Kier alpha value is -1.79. The van der Waals surface area contributed by atoms with Gasteiger partial charge in [0.15, 0.2) is 0 Å². The molecule has 2 aromatic rings. The van der Waals surface area contributed by atoms with Crippen LogP contribution in [0.1, 0.15) is 5.56 Å². The van der Waals surface area contributed by atoms with Crippen LogP contribution in [0.2, 0.25) is 0 Å². The van der Waals surface area contributed by atoms with Gasteiger partial charge in [-0.3, -0.25) is 0 Å². The molecular weight excluding hydrogens is 194 g/mol. The second-order valence-electron chi connectivity index (χ2n) is 2.86. The number of hydrogen-bond acceptors (Lipinski definition) is 3. The molecule has 1 N–H and O–H groups in total. The largest absolute Gasteiger partial charge is 0.507 e. The summed E-state index contributed by atoms with van der Waals surface area (Å²) < 4.78 is 0. The van der Waals surface area contributed by atoms with Crippen LogP contribution in [0.15, 0.2) is 35.0 Å². The minimum atomic E-state index is 0.0338. The molecule has 0 aliphatic carbocycles. The van der Waals surface area contributed by atoms with Gasteiger partial charge in [0.1, 0.15) is 11.8 Å². The molecule has 68 valence electrons. The molecule has 2 nitrogen and oxygen atoms in total. The van der Waals surface area contributed by atoms with Crippen LogP contribution < -0.4 is 0 Å². The van der Waals surface area contributed by atoms with Crippen molar-refractivity contribution in [2.24, 2.45) is 0 Å². The number of thiophene rings is 1. The van der Waals surface area contributed by atoms with Crippen molar-refractivity contribution in [1.82, 2.24) is 0 Å². The topological polar surface area (TPSA) is 44.0 Å². The third-order valence-corrected chi connectivity index (χ3v) is 2.65. The summed E-state index contributed by atoms with van der Waals surface area (Å²) in [5, 5.41) is 22.0. The van der Waals surface area contributed by atoms with Gasteiger partial charge in [0.25, 0.3) is 0 Å². The summed E-state index contributed by atoms with van der Waals surface area (Å²) in [7, 11) is 0. The van der Waals surface area contributed by atoms with E-state index >= 15 is 0 Å². The van der Waals surface area contributed by atoms with Crippen molar-refractivity contribution in [2.45, 2.75) is 0 Å². The summed E-state index contributed by atoms with van der Waals surface area (Å²) in [6.45, 7) is 0. The Kier molecular flexibility index (Phi) is 2.21. The van der Waals surface area contributed by atoms with Gasteiger partial charge in [0.2, 0.25) is 0 Å². The molecule has 0 spiro atoms. The maximum Gasteiger partial charge on any atom is 0.133 e. The van der Waals surface area contributed by atoms with Crippen LogP contribution in [0.5, 0.6) is 5.75 Å². The predicted octanol–water partition coefficient (Wildman–Crippen LogP) is 2.99. The van der Waals surface area contributed by atoms with Crippen molar-refractivity contribution >= 4 is 11.3 Å². The van der Waals surface area contributed by atoms with Crippen molar-refractivity contribution < 1.29 is 5.11 Å². The summed E-state index contributed by atoms with van der Waals surface area (Å²) in [6.07, 6.45) is 0. The number of rotatable bonds is 1. The molecular formula is C11H7NOS. The van der Waals surface area contributed by atoms with Gasteiger partial charge in [0.05, 0.1) is 5.56 Å². The van der Waals surface area contributed by atoms with Crippen LogP contribution in [0.3, 0.4) is 0 Å². The zero-order chi connectivity index (χ0) is 9.97. The van der Waals surface area contributed by atoms with E-state index in [-0.39, 0.29) is 5.75 Å². The van der Waals surface area contributed by atoms with Crippen LogP contribution in [0, 0.1) is 11.3 Å². The lowest BCUT2D eigenvalue weighted by molar-refractivity contribution is 0.473. The fourth-order valence-corrected chi connectivity index (χ4v) is 1.90. The first-order chi connectivity index (χ1) is 6.81. The normalized spacial score (nSPS) is 9.64. The number of benzene rings is 1. The molecule has 1 aromatic heterocycles. The van der Waals surface area contributed by atoms with E-state index in [1.165, 1.54) is 0 Å². The van der Waals surface area contributed by atoms with Gasteiger partial charge in [-0.25, -0.2) is 0 Å². The van der Waals surface area contributed by atoms with Crippen molar-refractivity contribution in [1.29, 1.82) is 5.26 Å². The molecule has 1 heterocycles. The fourth-order valence-electron chi connectivity index (χ4n) is 1.23. The Labute approximate surface area is 85.7 Å². The van der Waals surface area contributed by atoms with E-state index in [1.54, 1.807) is 29.5 Å². The smallest absolute Gasteiger partial charge is 0.133 e. The monoisotopic (exact) mass is 201 g/mol. The van der Waals surface area contributed by atoms with Crippen LogP contribution in [0.4, 0.5) is 0 Å². The average Bonchev–Trinajstić information content (AvgIpc) is 2.71. The van der Waals surface area contributed by atoms with Crippen molar-refractivity contribution in [3.63, 3.8) is 0 Å². The average molecular weight is 201 g/mol. The molecule has 0 atom stereocenters. The summed E-state index contributed by atoms with van der Waals surface area (Å²) >= 11 is 1.61. The molecule has 3 heteroatoms. The molecule has 1 aromatic carbocycles. The molecule has 0 aliphatic heterocycles. The summed E-state index contributed by atoms with van der Waals surface area (Å²) in [4.78, 5) is 0. The molecule has 0 amide bonds. The molecule has 2 rings (SSSR count). The molecule has 14 heavy (non-hydrogen) atoms. The third kappa shape index (κ3) is 1.48. The maximum absolute atomic E-state index is 9.31. The Bertz CT molecular complexity index is 482. The highest BCUT2D eigenvalue weighted by Crippen LogP contribution is 2.26. The molecule has 0 saturated heterocycles. The van der Waals surface area contributed by atoms with Gasteiger partial charge >= 0.3 is 0 Å². The Morgan fingerprint density at radius 1 is 1.21 bits per heavy atom. The zero-order valence-corrected chi connectivity index (χ0v) is 8.08. The van der Waals surface area contributed by atoms with Crippen molar-refractivity contribution in [2.75, 3.05) is 0 Å². The lowest BCUT2D eigenvalue weighted by Crippen LogP contribution is -1.79. The summed E-state index contributed by atoms with van der Waals surface area (Å²) in [5.41, 5.74) is 2.35. The van der Waals surface area contributed by atoms with E-state index in [0.29, 0.717) is 5.56 Å². The molecule has 0 fully saturated rings. The zero-order valence-electron chi connectivity index (χ0n) is 7.27. The number of phenols is 1.